The van der Waals surface area contributed by atoms with Gasteiger partial charge < -0.3 is 9.63 Å². The van der Waals surface area contributed by atoms with Crippen LogP contribution in [0.4, 0.5) is 0 Å². The summed E-state index contributed by atoms with van der Waals surface area (Å²) in [6, 6.07) is 0.186. The highest BCUT2D eigenvalue weighted by atomic mass is 16.5. The van der Waals surface area contributed by atoms with E-state index in [1.807, 2.05) is 20.8 Å². The molecule has 1 N–H and O–H groups in total. The highest BCUT2D eigenvalue weighted by Gasteiger charge is 2.36. The molecule has 0 bridgehead atoms. The van der Waals surface area contributed by atoms with Gasteiger partial charge in [0, 0.05) is 12.5 Å². The molecule has 17 heavy (non-hydrogen) atoms. The molecule has 0 aromatic carbocycles. The lowest BCUT2D eigenvalue weighted by Crippen LogP contribution is -2.45. The number of aromatic nitrogens is 2. The molecular weight excluding hydrogens is 218 g/mol. The van der Waals surface area contributed by atoms with Crippen LogP contribution in [0, 0.1) is 0 Å². The van der Waals surface area contributed by atoms with E-state index in [2.05, 4.69) is 15.0 Å². The Balaban J connectivity index is 2.02. The molecule has 0 amide bonds. The highest BCUT2D eigenvalue weighted by molar-refractivity contribution is 4.94. The molecular formula is C12H21N3O2. The van der Waals surface area contributed by atoms with Crippen LogP contribution in [-0.2, 0) is 13.0 Å². The summed E-state index contributed by atoms with van der Waals surface area (Å²) >= 11 is 0. The van der Waals surface area contributed by atoms with Gasteiger partial charge in [-0.15, -0.1) is 0 Å². The number of rotatable bonds is 4. The maximum Gasteiger partial charge on any atom is 0.226 e. The van der Waals surface area contributed by atoms with Crippen LogP contribution in [0.1, 0.15) is 45.3 Å². The van der Waals surface area contributed by atoms with Crippen molar-refractivity contribution >= 4 is 0 Å². The average molecular weight is 239 g/mol. The van der Waals surface area contributed by atoms with E-state index in [1.165, 1.54) is 0 Å². The zero-order chi connectivity index (χ0) is 12.5. The molecule has 5 heteroatoms. The minimum absolute atomic E-state index is 0.186. The van der Waals surface area contributed by atoms with Crippen molar-refractivity contribution in [2.45, 2.75) is 58.2 Å². The fourth-order valence-electron chi connectivity index (χ4n) is 2.50. The molecule has 2 rings (SSSR count). The quantitative estimate of drug-likeness (QED) is 0.859. The molecule has 1 atom stereocenters. The molecule has 0 saturated carbocycles. The zero-order valence-electron chi connectivity index (χ0n) is 10.8. The Morgan fingerprint density at radius 2 is 2.29 bits per heavy atom. The lowest BCUT2D eigenvalue weighted by molar-refractivity contribution is -0.00592. The van der Waals surface area contributed by atoms with Gasteiger partial charge in [-0.05, 0) is 33.2 Å². The Morgan fingerprint density at radius 1 is 1.53 bits per heavy atom. The second kappa shape index (κ2) is 4.74. The lowest BCUT2D eigenvalue weighted by atomic mass is 9.97. The summed E-state index contributed by atoms with van der Waals surface area (Å²) in [5.74, 6) is 1.40. The normalized spacial score (nSPS) is 22.2. The summed E-state index contributed by atoms with van der Waals surface area (Å²) in [7, 11) is 0. The lowest BCUT2D eigenvalue weighted by Gasteiger charge is -2.33. The first kappa shape index (κ1) is 12.5. The van der Waals surface area contributed by atoms with Crippen molar-refractivity contribution in [3.05, 3.63) is 11.7 Å². The van der Waals surface area contributed by atoms with Gasteiger partial charge in [-0.25, -0.2) is 0 Å². The summed E-state index contributed by atoms with van der Waals surface area (Å²) in [6.07, 6.45) is 2.91. The van der Waals surface area contributed by atoms with Crippen molar-refractivity contribution in [2.24, 2.45) is 0 Å². The Labute approximate surface area is 102 Å². The van der Waals surface area contributed by atoms with E-state index in [-0.39, 0.29) is 6.04 Å². The van der Waals surface area contributed by atoms with Gasteiger partial charge in [0.2, 0.25) is 5.89 Å². The first-order valence-electron chi connectivity index (χ1n) is 6.28. The van der Waals surface area contributed by atoms with Crippen LogP contribution in [0.3, 0.4) is 0 Å². The third-order valence-corrected chi connectivity index (χ3v) is 3.34. The fraction of sp³-hybridized carbons (Fsp3) is 0.833. The van der Waals surface area contributed by atoms with Crippen molar-refractivity contribution in [3.63, 3.8) is 0 Å². The maximum absolute atomic E-state index is 10.1. The molecule has 1 aromatic heterocycles. The number of likely N-dealkylation sites (tertiary alicyclic amines) is 1. The SMILES string of the molecule is CCc1nc(CN2CCCC2C(C)(C)O)no1. The van der Waals surface area contributed by atoms with Crippen molar-refractivity contribution < 1.29 is 9.63 Å². The standard InChI is InChI=1S/C12H21N3O2/c1-4-11-13-10(14-17-11)8-15-7-5-6-9(15)12(2,3)16/h9,16H,4-8H2,1-3H3. The molecule has 1 saturated heterocycles. The fourth-order valence-corrected chi connectivity index (χ4v) is 2.50. The molecule has 1 aliphatic heterocycles. The Bertz CT molecular complexity index is 370. The van der Waals surface area contributed by atoms with Gasteiger partial charge in [-0.2, -0.15) is 4.98 Å². The van der Waals surface area contributed by atoms with Crippen LogP contribution in [0.2, 0.25) is 0 Å². The van der Waals surface area contributed by atoms with Gasteiger partial charge in [0.25, 0.3) is 0 Å². The zero-order valence-corrected chi connectivity index (χ0v) is 10.8. The van der Waals surface area contributed by atoms with Crippen LogP contribution < -0.4 is 0 Å². The van der Waals surface area contributed by atoms with Crippen LogP contribution in [-0.4, -0.2) is 38.3 Å². The summed E-state index contributed by atoms with van der Waals surface area (Å²) < 4.78 is 5.09. The van der Waals surface area contributed by atoms with Crippen molar-refractivity contribution in [1.82, 2.24) is 15.0 Å². The van der Waals surface area contributed by atoms with Crippen LogP contribution >= 0.6 is 0 Å². The molecule has 0 aliphatic carbocycles. The van der Waals surface area contributed by atoms with E-state index in [1.54, 1.807) is 0 Å². The molecule has 0 radical (unpaired) electrons. The summed E-state index contributed by atoms with van der Waals surface area (Å²) in [5, 5.41) is 14.1. The van der Waals surface area contributed by atoms with E-state index >= 15 is 0 Å². The second-order valence-corrected chi connectivity index (χ2v) is 5.24. The molecule has 2 heterocycles. The molecule has 0 spiro atoms. The summed E-state index contributed by atoms with van der Waals surface area (Å²) in [4.78, 5) is 6.55. The third kappa shape index (κ3) is 2.84. The topological polar surface area (TPSA) is 62.4 Å². The highest BCUT2D eigenvalue weighted by Crippen LogP contribution is 2.27. The predicted molar refractivity (Wildman–Crippen MR) is 63.4 cm³/mol. The van der Waals surface area contributed by atoms with Gasteiger partial charge in [0.15, 0.2) is 5.82 Å². The summed E-state index contributed by atoms with van der Waals surface area (Å²) in [5.41, 5.74) is -0.673. The summed E-state index contributed by atoms with van der Waals surface area (Å²) in [6.45, 7) is 7.38. The number of hydrogen-bond donors (Lipinski definition) is 1. The molecule has 1 unspecified atom stereocenters. The van der Waals surface area contributed by atoms with Crippen LogP contribution in [0.25, 0.3) is 0 Å². The number of nitrogens with zero attached hydrogens (tertiary/aromatic N) is 3. The van der Waals surface area contributed by atoms with E-state index in [0.29, 0.717) is 12.4 Å². The molecule has 96 valence electrons. The van der Waals surface area contributed by atoms with E-state index in [4.69, 9.17) is 4.52 Å². The first-order valence-corrected chi connectivity index (χ1v) is 6.28. The van der Waals surface area contributed by atoms with Crippen LogP contribution in [0.5, 0.6) is 0 Å². The van der Waals surface area contributed by atoms with Gasteiger partial charge in [-0.1, -0.05) is 12.1 Å². The van der Waals surface area contributed by atoms with Crippen molar-refractivity contribution in [1.29, 1.82) is 0 Å². The van der Waals surface area contributed by atoms with E-state index < -0.39 is 5.60 Å². The maximum atomic E-state index is 10.1. The van der Waals surface area contributed by atoms with Gasteiger partial charge in [0.05, 0.1) is 12.1 Å². The Kier molecular flexibility index (Phi) is 3.49. The smallest absolute Gasteiger partial charge is 0.226 e. The van der Waals surface area contributed by atoms with Crippen LogP contribution in [0.15, 0.2) is 4.52 Å². The predicted octanol–water partition coefficient (Wildman–Crippen LogP) is 1.37. The average Bonchev–Trinajstić information content (AvgIpc) is 2.85. The largest absolute Gasteiger partial charge is 0.389 e. The Morgan fingerprint density at radius 3 is 2.88 bits per heavy atom. The Hall–Kier alpha value is -0.940. The monoisotopic (exact) mass is 239 g/mol. The number of aryl methyl sites for hydroxylation is 1. The number of aliphatic hydroxyl groups is 1. The van der Waals surface area contributed by atoms with Gasteiger partial charge in [0.1, 0.15) is 0 Å². The van der Waals surface area contributed by atoms with Gasteiger partial charge >= 0.3 is 0 Å². The minimum atomic E-state index is -0.673. The number of hydrogen-bond acceptors (Lipinski definition) is 5. The molecule has 5 nitrogen and oxygen atoms in total. The molecule has 1 aromatic rings. The van der Waals surface area contributed by atoms with Gasteiger partial charge in [-0.3, -0.25) is 4.90 Å². The van der Waals surface area contributed by atoms with E-state index in [9.17, 15) is 5.11 Å². The minimum Gasteiger partial charge on any atom is -0.389 e. The molecule has 1 fully saturated rings. The van der Waals surface area contributed by atoms with E-state index in [0.717, 1.165) is 31.6 Å². The first-order chi connectivity index (χ1) is 8.00. The second-order valence-electron chi connectivity index (χ2n) is 5.24. The van der Waals surface area contributed by atoms with Crippen molar-refractivity contribution in [3.8, 4) is 0 Å². The van der Waals surface area contributed by atoms with Crippen molar-refractivity contribution in [2.75, 3.05) is 6.54 Å². The third-order valence-electron chi connectivity index (χ3n) is 3.34. The molecule has 1 aliphatic rings.